The van der Waals surface area contributed by atoms with E-state index in [1.165, 1.54) is 0 Å². The van der Waals surface area contributed by atoms with Gasteiger partial charge < -0.3 is 14.1 Å². The highest BCUT2D eigenvalue weighted by Gasteiger charge is 2.22. The maximum Gasteiger partial charge on any atom is 0.261 e. The Kier molecular flexibility index (Phi) is 6.77. The second-order valence-electron chi connectivity index (χ2n) is 6.79. The number of ether oxygens (including phenoxy) is 1. The minimum atomic E-state index is -0.188. The molecular formula is C21H21Cl2N3O3. The lowest BCUT2D eigenvalue weighted by molar-refractivity contribution is -0.136. The van der Waals surface area contributed by atoms with Crippen molar-refractivity contribution in [2.24, 2.45) is 0 Å². The van der Waals surface area contributed by atoms with Crippen molar-refractivity contribution in [3.05, 3.63) is 64.0 Å². The Morgan fingerprint density at radius 3 is 2.62 bits per heavy atom. The van der Waals surface area contributed by atoms with Crippen molar-refractivity contribution in [2.45, 2.75) is 33.4 Å². The Labute approximate surface area is 179 Å². The van der Waals surface area contributed by atoms with Crippen LogP contribution in [0, 0.1) is 6.92 Å². The van der Waals surface area contributed by atoms with Crippen LogP contribution in [0.2, 0.25) is 10.0 Å². The number of hydrogen-bond acceptors (Lipinski definition) is 5. The average molecular weight is 434 g/mol. The van der Waals surface area contributed by atoms with Crippen LogP contribution in [-0.2, 0) is 11.3 Å². The maximum absolute atomic E-state index is 12.7. The van der Waals surface area contributed by atoms with Gasteiger partial charge in [-0.1, -0.05) is 35.3 Å². The number of halogens is 2. The quantitative estimate of drug-likeness (QED) is 0.513. The molecule has 0 radical (unpaired) electrons. The third kappa shape index (κ3) is 5.28. The molecule has 0 aliphatic heterocycles. The number of aromatic nitrogens is 2. The monoisotopic (exact) mass is 433 g/mol. The predicted octanol–water partition coefficient (Wildman–Crippen LogP) is 5.17. The molecule has 152 valence electrons. The van der Waals surface area contributed by atoms with Crippen LogP contribution in [-0.4, -0.2) is 33.7 Å². The summed E-state index contributed by atoms with van der Waals surface area (Å²) >= 11 is 12.1. The minimum Gasteiger partial charge on any atom is -0.483 e. The molecule has 0 unspecified atom stereocenters. The second-order valence-corrected chi connectivity index (χ2v) is 7.64. The van der Waals surface area contributed by atoms with Gasteiger partial charge in [0.2, 0.25) is 11.8 Å². The molecular weight excluding hydrogens is 413 g/mol. The second kappa shape index (κ2) is 9.29. The van der Waals surface area contributed by atoms with Gasteiger partial charge in [0.25, 0.3) is 5.91 Å². The Balaban J connectivity index is 1.68. The molecule has 6 nitrogen and oxygen atoms in total. The van der Waals surface area contributed by atoms with Crippen molar-refractivity contribution in [2.75, 3.05) is 6.61 Å². The largest absolute Gasteiger partial charge is 0.483 e. The van der Waals surface area contributed by atoms with Gasteiger partial charge in [0.1, 0.15) is 5.75 Å². The van der Waals surface area contributed by atoms with Gasteiger partial charge in [-0.25, -0.2) is 0 Å². The first-order valence-corrected chi connectivity index (χ1v) is 9.86. The van der Waals surface area contributed by atoms with Gasteiger partial charge in [-0.3, -0.25) is 4.79 Å². The molecule has 1 amide bonds. The van der Waals surface area contributed by atoms with Gasteiger partial charge in [0, 0.05) is 11.1 Å². The van der Waals surface area contributed by atoms with E-state index in [1.807, 2.05) is 32.9 Å². The number of carbonyl (C=O) groups excluding carboxylic acids is 1. The highest BCUT2D eigenvalue weighted by atomic mass is 35.5. The van der Waals surface area contributed by atoms with Crippen molar-refractivity contribution in [3.8, 4) is 17.2 Å². The molecule has 3 aromatic rings. The maximum atomic E-state index is 12.7. The summed E-state index contributed by atoms with van der Waals surface area (Å²) in [5.41, 5.74) is 1.51. The van der Waals surface area contributed by atoms with E-state index in [1.54, 1.807) is 35.2 Å². The van der Waals surface area contributed by atoms with E-state index in [2.05, 4.69) is 10.2 Å². The van der Waals surface area contributed by atoms with Crippen LogP contribution in [0.4, 0.5) is 0 Å². The Morgan fingerprint density at radius 1 is 1.17 bits per heavy atom. The smallest absolute Gasteiger partial charge is 0.261 e. The molecule has 0 saturated heterocycles. The minimum absolute atomic E-state index is 0.0759. The molecule has 8 heteroatoms. The summed E-state index contributed by atoms with van der Waals surface area (Å²) in [5.74, 6) is 1.07. The van der Waals surface area contributed by atoms with Gasteiger partial charge in [-0.15, -0.1) is 10.2 Å². The Morgan fingerprint density at radius 2 is 1.93 bits per heavy atom. The van der Waals surface area contributed by atoms with E-state index in [9.17, 15) is 4.79 Å². The third-order valence-corrected chi connectivity index (χ3v) is 4.87. The van der Waals surface area contributed by atoms with Crippen molar-refractivity contribution in [1.29, 1.82) is 0 Å². The summed E-state index contributed by atoms with van der Waals surface area (Å²) < 4.78 is 11.4. The molecule has 0 fully saturated rings. The van der Waals surface area contributed by atoms with E-state index in [-0.39, 0.29) is 25.1 Å². The normalized spacial score (nSPS) is 11.0. The van der Waals surface area contributed by atoms with E-state index in [0.29, 0.717) is 33.1 Å². The molecule has 0 saturated carbocycles. The van der Waals surface area contributed by atoms with Crippen molar-refractivity contribution >= 4 is 29.1 Å². The molecule has 0 bridgehead atoms. The SMILES string of the molecule is Cc1cc(Cl)ccc1OCC(=O)N(Cc1nnc(-c2ccccc2Cl)o1)C(C)C. The number of aryl methyl sites for hydroxylation is 1. The average Bonchev–Trinajstić information content (AvgIpc) is 3.14. The van der Waals surface area contributed by atoms with E-state index in [0.717, 1.165) is 5.56 Å². The Bertz CT molecular complexity index is 1000. The highest BCUT2D eigenvalue weighted by molar-refractivity contribution is 6.33. The molecule has 29 heavy (non-hydrogen) atoms. The first-order valence-electron chi connectivity index (χ1n) is 9.11. The Hall–Kier alpha value is -2.57. The van der Waals surface area contributed by atoms with Crippen LogP contribution >= 0.6 is 23.2 Å². The number of carbonyl (C=O) groups is 1. The molecule has 0 N–H and O–H groups in total. The number of rotatable bonds is 7. The summed E-state index contributed by atoms with van der Waals surface area (Å²) in [6, 6.07) is 12.4. The first kappa shape index (κ1) is 21.1. The summed E-state index contributed by atoms with van der Waals surface area (Å²) in [6.45, 7) is 5.78. The van der Waals surface area contributed by atoms with Crippen LogP contribution in [0.3, 0.4) is 0 Å². The predicted molar refractivity (Wildman–Crippen MR) is 112 cm³/mol. The van der Waals surface area contributed by atoms with Gasteiger partial charge in [-0.05, 0) is 56.7 Å². The number of hydrogen-bond donors (Lipinski definition) is 0. The van der Waals surface area contributed by atoms with E-state index in [4.69, 9.17) is 32.4 Å². The van der Waals surface area contributed by atoms with Gasteiger partial charge in [0.05, 0.1) is 17.1 Å². The molecule has 0 atom stereocenters. The summed E-state index contributed by atoms with van der Waals surface area (Å²) in [5, 5.41) is 9.25. The topological polar surface area (TPSA) is 68.5 Å². The van der Waals surface area contributed by atoms with Crippen molar-refractivity contribution < 1.29 is 13.9 Å². The van der Waals surface area contributed by atoms with Gasteiger partial charge in [0.15, 0.2) is 6.61 Å². The molecule has 2 aromatic carbocycles. The molecule has 1 heterocycles. The third-order valence-electron chi connectivity index (χ3n) is 4.31. The summed E-state index contributed by atoms with van der Waals surface area (Å²) in [6.07, 6.45) is 0. The zero-order valence-electron chi connectivity index (χ0n) is 16.4. The van der Waals surface area contributed by atoms with Crippen LogP contribution in [0.5, 0.6) is 5.75 Å². The van der Waals surface area contributed by atoms with Gasteiger partial charge in [-0.2, -0.15) is 0 Å². The number of nitrogens with zero attached hydrogens (tertiary/aromatic N) is 3. The molecule has 0 aliphatic rings. The first-order chi connectivity index (χ1) is 13.8. The lowest BCUT2D eigenvalue weighted by atomic mass is 10.2. The highest BCUT2D eigenvalue weighted by Crippen LogP contribution is 2.27. The summed E-state index contributed by atoms with van der Waals surface area (Å²) in [4.78, 5) is 14.4. The van der Waals surface area contributed by atoms with Crippen LogP contribution in [0.1, 0.15) is 25.3 Å². The van der Waals surface area contributed by atoms with Crippen molar-refractivity contribution in [3.63, 3.8) is 0 Å². The molecule has 3 rings (SSSR count). The lowest BCUT2D eigenvalue weighted by Gasteiger charge is -2.25. The van der Waals surface area contributed by atoms with Crippen molar-refractivity contribution in [1.82, 2.24) is 15.1 Å². The number of amides is 1. The zero-order chi connectivity index (χ0) is 21.0. The number of benzene rings is 2. The van der Waals surface area contributed by atoms with Gasteiger partial charge >= 0.3 is 0 Å². The van der Waals surface area contributed by atoms with Crippen LogP contribution in [0.25, 0.3) is 11.5 Å². The van der Waals surface area contributed by atoms with E-state index < -0.39 is 0 Å². The molecule has 0 aliphatic carbocycles. The molecule has 1 aromatic heterocycles. The van der Waals surface area contributed by atoms with Crippen LogP contribution < -0.4 is 4.74 Å². The fourth-order valence-corrected chi connectivity index (χ4v) is 3.21. The molecule has 0 spiro atoms. The lowest BCUT2D eigenvalue weighted by Crippen LogP contribution is -2.39. The van der Waals surface area contributed by atoms with Crippen LogP contribution in [0.15, 0.2) is 46.9 Å². The van der Waals surface area contributed by atoms with E-state index >= 15 is 0 Å². The summed E-state index contributed by atoms with van der Waals surface area (Å²) in [7, 11) is 0. The fraction of sp³-hybridized carbons (Fsp3) is 0.286. The standard InChI is InChI=1S/C21H21Cl2N3O3/c1-13(2)26(20(27)12-28-18-9-8-15(22)10-14(18)3)11-19-24-25-21(29-19)16-6-4-5-7-17(16)23/h4-10,13H,11-12H2,1-3H3. The fourth-order valence-electron chi connectivity index (χ4n) is 2.76. The zero-order valence-corrected chi connectivity index (χ0v) is 17.9.